The molecule has 0 aliphatic carbocycles. The Balaban J connectivity index is 1.66. The molecule has 6 N–H and O–H groups in total. The van der Waals surface area contributed by atoms with Gasteiger partial charge in [0.25, 0.3) is 0 Å². The molecule has 0 bridgehead atoms. The van der Waals surface area contributed by atoms with Crippen molar-refractivity contribution in [2.45, 2.75) is 223 Å². The van der Waals surface area contributed by atoms with E-state index < -0.39 is 117 Å². The Morgan fingerprint density at radius 1 is 1.00 bits per heavy atom. The summed E-state index contributed by atoms with van der Waals surface area (Å²) in [6.45, 7) is 24.9. The maximum absolute atomic E-state index is 14.8. The first-order chi connectivity index (χ1) is 34.9. The summed E-state index contributed by atoms with van der Waals surface area (Å²) < 4.78 is 79.0. The van der Waals surface area contributed by atoms with Crippen molar-refractivity contribution in [3.05, 3.63) is 41.7 Å². The van der Waals surface area contributed by atoms with Crippen molar-refractivity contribution in [1.82, 2.24) is 26.0 Å². The lowest BCUT2D eigenvalue weighted by Gasteiger charge is -2.51. The van der Waals surface area contributed by atoms with Gasteiger partial charge in [0, 0.05) is 88.9 Å². The van der Waals surface area contributed by atoms with Crippen LogP contribution >= 0.6 is 0 Å². The molecule has 1 aromatic carbocycles. The Morgan fingerprint density at radius 3 is 2.20 bits per heavy atom. The van der Waals surface area contributed by atoms with Gasteiger partial charge in [0.1, 0.15) is 25.0 Å². The molecular weight excluding hydrogens is 986 g/mol. The third-order valence-electron chi connectivity index (χ3n) is 17.2. The number of benzene rings is 1. The fourth-order valence-corrected chi connectivity index (χ4v) is 13.4. The second-order valence-corrected chi connectivity index (χ2v) is 26.3. The van der Waals surface area contributed by atoms with E-state index >= 15 is 0 Å². The van der Waals surface area contributed by atoms with Crippen LogP contribution < -0.4 is 16.2 Å². The molecule has 75 heavy (non-hydrogen) atoms. The molecule has 18 atom stereocenters. The minimum absolute atomic E-state index is 0.00468. The van der Waals surface area contributed by atoms with Crippen LogP contribution in [0.5, 0.6) is 0 Å². The fraction of sp³-hybridized carbons (Fsp3) is 0.839. The number of nitrogens with zero attached hydrogens (tertiary/aromatic N) is 2. The SMILES string of the molecule is CCC1OC(=O)C(C)C(C2CC(C)(OC)C(O)C(C)O2)C(C)C(OC2CC(N(C)CCC(=CNC(CF)C(OC)c3ccc(S(=O)(=O)C(C)C)cc3)NNC)CC(C)O2)C(C)(O)CC(C)CN(C)C(C)C(O)C1(C)C. The molecule has 0 radical (unpaired) electrons. The Bertz CT molecular complexity index is 2070. The highest BCUT2D eigenvalue weighted by atomic mass is 32.2. The van der Waals surface area contributed by atoms with Crippen LogP contribution in [-0.2, 0) is 43.1 Å². The number of cyclic esters (lactones) is 1. The minimum atomic E-state index is -3.48. The number of halogens is 1. The highest BCUT2D eigenvalue weighted by Crippen LogP contribution is 2.45. The maximum Gasteiger partial charge on any atom is 0.309 e. The lowest BCUT2D eigenvalue weighted by molar-refractivity contribution is -0.275. The van der Waals surface area contributed by atoms with Crippen molar-refractivity contribution in [3.63, 3.8) is 0 Å². The van der Waals surface area contributed by atoms with Gasteiger partial charge in [-0.1, -0.05) is 53.7 Å². The molecule has 434 valence electrons. The van der Waals surface area contributed by atoms with Crippen molar-refractivity contribution in [2.24, 2.45) is 29.1 Å². The number of hydrazine groups is 1. The van der Waals surface area contributed by atoms with Crippen molar-refractivity contribution < 1.29 is 61.3 Å². The van der Waals surface area contributed by atoms with Crippen LogP contribution in [0.15, 0.2) is 41.1 Å². The van der Waals surface area contributed by atoms with Crippen LogP contribution in [0.25, 0.3) is 0 Å². The summed E-state index contributed by atoms with van der Waals surface area (Å²) in [4.78, 5) is 19.3. The van der Waals surface area contributed by atoms with E-state index in [4.69, 9.17) is 28.4 Å². The van der Waals surface area contributed by atoms with Crippen molar-refractivity contribution in [3.8, 4) is 0 Å². The molecule has 19 heteroatoms. The van der Waals surface area contributed by atoms with E-state index in [1.54, 1.807) is 60.2 Å². The molecule has 3 aliphatic rings. The smallest absolute Gasteiger partial charge is 0.309 e. The average molecular weight is 1090 g/mol. The number of alkyl halides is 1. The lowest BCUT2D eigenvalue weighted by Crippen LogP contribution is -2.60. The third kappa shape index (κ3) is 15.9. The van der Waals surface area contributed by atoms with E-state index in [1.807, 2.05) is 62.4 Å². The van der Waals surface area contributed by atoms with Crippen LogP contribution in [-0.4, -0.2) is 178 Å². The van der Waals surface area contributed by atoms with Gasteiger partial charge in [-0.15, -0.1) is 0 Å². The van der Waals surface area contributed by atoms with Gasteiger partial charge in [-0.3, -0.25) is 4.79 Å². The van der Waals surface area contributed by atoms with E-state index in [-0.39, 0.29) is 35.4 Å². The molecule has 0 saturated carbocycles. The van der Waals surface area contributed by atoms with E-state index in [0.717, 1.165) is 5.70 Å². The molecule has 4 rings (SSSR count). The van der Waals surface area contributed by atoms with Gasteiger partial charge >= 0.3 is 5.97 Å². The zero-order valence-electron chi connectivity index (χ0n) is 48.8. The molecule has 3 aliphatic heterocycles. The Labute approximate surface area is 450 Å². The highest BCUT2D eigenvalue weighted by Gasteiger charge is 2.54. The molecule has 0 amide bonds. The fourth-order valence-electron chi connectivity index (χ4n) is 12.3. The van der Waals surface area contributed by atoms with Gasteiger partial charge < -0.3 is 64.3 Å². The number of hydrogen-bond acceptors (Lipinski definition) is 17. The van der Waals surface area contributed by atoms with Crippen molar-refractivity contribution >= 4 is 15.8 Å². The quantitative estimate of drug-likeness (QED) is 0.0663. The van der Waals surface area contributed by atoms with Crippen molar-refractivity contribution in [1.29, 1.82) is 0 Å². The molecule has 0 aromatic heterocycles. The monoisotopic (exact) mass is 1090 g/mol. The number of ether oxygens (including phenoxy) is 6. The summed E-state index contributed by atoms with van der Waals surface area (Å²) in [5, 5.41) is 38.9. The zero-order valence-corrected chi connectivity index (χ0v) is 49.6. The molecule has 1 aromatic rings. The largest absolute Gasteiger partial charge is 0.461 e. The number of carbonyl (C=O) groups is 1. The number of rotatable bonds is 19. The molecule has 0 spiro atoms. The number of sulfone groups is 1. The summed E-state index contributed by atoms with van der Waals surface area (Å²) in [5.74, 6) is -2.44. The van der Waals surface area contributed by atoms with Gasteiger partial charge in [-0.25, -0.2) is 18.2 Å². The number of hydrogen-bond donors (Lipinski definition) is 6. The first-order valence-electron chi connectivity index (χ1n) is 27.5. The van der Waals surface area contributed by atoms with Gasteiger partial charge in [0.05, 0.1) is 63.8 Å². The average Bonchev–Trinajstić information content (AvgIpc) is 3.35. The number of likely N-dealkylation sites (N-methyl/N-ethyl adjacent to an activating group) is 1. The van der Waals surface area contributed by atoms with Crippen molar-refractivity contribution in [2.75, 3.05) is 55.1 Å². The Kier molecular flexibility index (Phi) is 23.9. The second kappa shape index (κ2) is 27.6. The van der Waals surface area contributed by atoms with Crippen LogP contribution in [0, 0.1) is 29.1 Å². The Hall–Kier alpha value is -2.53. The third-order valence-corrected chi connectivity index (χ3v) is 19.3. The van der Waals surface area contributed by atoms with E-state index in [0.29, 0.717) is 50.8 Å². The number of nitrogens with one attached hydrogen (secondary N) is 3. The predicted molar refractivity (Wildman–Crippen MR) is 290 cm³/mol. The van der Waals surface area contributed by atoms with E-state index in [9.17, 15) is 32.9 Å². The van der Waals surface area contributed by atoms with Crippen LogP contribution in [0.1, 0.15) is 140 Å². The predicted octanol–water partition coefficient (Wildman–Crippen LogP) is 6.30. The number of methoxy groups -OCH3 is 2. The second-order valence-electron chi connectivity index (χ2n) is 23.8. The number of aliphatic hydroxyl groups excluding tert-OH is 2. The van der Waals surface area contributed by atoms with Gasteiger partial charge in [0.2, 0.25) is 0 Å². The van der Waals surface area contributed by atoms with Crippen LogP contribution in [0.3, 0.4) is 0 Å². The van der Waals surface area contributed by atoms with Gasteiger partial charge in [-0.2, -0.15) is 0 Å². The van der Waals surface area contributed by atoms with Gasteiger partial charge in [0.15, 0.2) is 16.1 Å². The first-order valence-corrected chi connectivity index (χ1v) is 29.0. The topological polar surface area (TPSA) is 210 Å². The van der Waals surface area contributed by atoms with Gasteiger partial charge in [-0.05, 0) is 111 Å². The highest BCUT2D eigenvalue weighted by molar-refractivity contribution is 7.92. The molecule has 3 heterocycles. The van der Waals surface area contributed by atoms with Crippen LogP contribution in [0.2, 0.25) is 0 Å². The molecule has 18 unspecified atom stereocenters. The number of esters is 1. The molecule has 17 nitrogen and oxygen atoms in total. The van der Waals surface area contributed by atoms with E-state index in [1.165, 1.54) is 19.2 Å². The summed E-state index contributed by atoms with van der Waals surface area (Å²) in [7, 11) is 5.36. The minimum Gasteiger partial charge on any atom is -0.461 e. The standard InChI is InChI=1S/C56H100FN5O12S/c1-19-46-54(10,11)50(63)38(8)62(16)32-34(4)28-55(12,66)52(36(6)48(37(7)53(65)73-46)45-29-56(13,70-18)51(64)39(9)72-45)74-47-27-42(26-35(5)71-47)61(15)25-24-41(60-58-14)31-59-44(30-57)49(69-17)40-20-22-43(23-21-40)75(67,68)33(2)3/h20-23,31,33-39,42,44-52,58-60,63-64,66H,19,24-30,32H2,1-18H3. The summed E-state index contributed by atoms with van der Waals surface area (Å²) in [6, 6.07) is 5.31. The normalized spacial score (nSPS) is 37.1. The first kappa shape index (κ1) is 65.0. The maximum atomic E-state index is 14.8. The summed E-state index contributed by atoms with van der Waals surface area (Å²) >= 11 is 0. The summed E-state index contributed by atoms with van der Waals surface area (Å²) in [5.41, 5.74) is 4.30. The zero-order chi connectivity index (χ0) is 56.5. The number of carbonyl (C=O) groups excluding carboxylic acids is 1. The van der Waals surface area contributed by atoms with Crippen LogP contribution in [0.4, 0.5) is 4.39 Å². The van der Waals surface area contributed by atoms with E-state index in [2.05, 4.69) is 39.9 Å². The Morgan fingerprint density at radius 2 is 1.64 bits per heavy atom. The summed E-state index contributed by atoms with van der Waals surface area (Å²) in [6.07, 6.45) is -1.69. The lowest BCUT2D eigenvalue weighted by atomic mass is 9.68. The molecular formula is C56H100FN5O12S. The molecule has 3 saturated heterocycles. The number of aliphatic hydroxyl groups is 3. The molecule has 3 fully saturated rings.